The van der Waals surface area contributed by atoms with Crippen LogP contribution in [0.3, 0.4) is 0 Å². The smallest absolute Gasteiger partial charge is 0.274 e. The molecular formula is C26H31N5O3. The fourth-order valence-electron chi connectivity index (χ4n) is 4.94. The predicted octanol–water partition coefficient (Wildman–Crippen LogP) is 2.49. The summed E-state index contributed by atoms with van der Waals surface area (Å²) in [5.41, 5.74) is 4.71. The number of benzene rings is 1. The Balaban J connectivity index is 1.45. The first kappa shape index (κ1) is 22.6. The number of nitrogens with zero attached hydrogens (tertiary/aromatic N) is 5. The Hall–Kier alpha value is -3.23. The molecule has 3 aromatic rings. The van der Waals surface area contributed by atoms with E-state index in [1.54, 1.807) is 12.0 Å². The number of piperidine rings is 1. The fraction of sp³-hybridized carbons (Fsp3) is 0.423. The van der Waals surface area contributed by atoms with E-state index in [-0.39, 0.29) is 5.91 Å². The molecule has 1 saturated heterocycles. The van der Waals surface area contributed by atoms with E-state index in [2.05, 4.69) is 16.0 Å². The second kappa shape index (κ2) is 9.95. The molecule has 4 heterocycles. The van der Waals surface area contributed by atoms with Crippen molar-refractivity contribution in [3.63, 3.8) is 0 Å². The van der Waals surface area contributed by atoms with Gasteiger partial charge >= 0.3 is 0 Å². The number of hydrogen-bond donors (Lipinski definition) is 1. The zero-order valence-electron chi connectivity index (χ0n) is 19.6. The van der Waals surface area contributed by atoms with E-state index in [0.29, 0.717) is 31.9 Å². The van der Waals surface area contributed by atoms with E-state index < -0.39 is 6.10 Å². The van der Waals surface area contributed by atoms with Crippen LogP contribution in [0.4, 0.5) is 0 Å². The van der Waals surface area contributed by atoms with Crippen molar-refractivity contribution >= 4 is 5.91 Å². The number of aliphatic hydroxyl groups is 1. The number of likely N-dealkylation sites (tertiary alicyclic amines) is 1. The first-order valence-electron chi connectivity index (χ1n) is 11.9. The third-order valence-electron chi connectivity index (χ3n) is 6.68. The highest BCUT2D eigenvalue weighted by Gasteiger charge is 2.32. The Bertz CT molecular complexity index is 1150. The zero-order chi connectivity index (χ0) is 23.5. The van der Waals surface area contributed by atoms with Crippen molar-refractivity contribution in [2.75, 3.05) is 26.7 Å². The highest BCUT2D eigenvalue weighted by molar-refractivity contribution is 5.94. The standard InChI is InChI=1S/C26H31N5O3/c1-34-22-9-4-6-19(14-22)15-31-24-10-13-29(16-20-7-2-3-11-27-20)18-23(24)25(28-31)26(33)30-12-5-8-21(32)17-30/h2-4,6-7,9,11,14,21,32H,5,8,10,12-13,15-18H2,1H3/t21-/m0/s1. The summed E-state index contributed by atoms with van der Waals surface area (Å²) < 4.78 is 7.36. The zero-order valence-corrected chi connectivity index (χ0v) is 19.6. The van der Waals surface area contributed by atoms with Gasteiger partial charge in [0.25, 0.3) is 5.91 Å². The molecule has 1 N–H and O–H groups in total. The first-order chi connectivity index (χ1) is 16.6. The summed E-state index contributed by atoms with van der Waals surface area (Å²) in [6.45, 7) is 3.87. The number of carbonyl (C=O) groups excluding carboxylic acids is 1. The Kier molecular flexibility index (Phi) is 6.60. The molecule has 0 spiro atoms. The van der Waals surface area contributed by atoms with E-state index in [1.165, 1.54) is 0 Å². The van der Waals surface area contributed by atoms with Crippen molar-refractivity contribution < 1.29 is 14.6 Å². The highest BCUT2D eigenvalue weighted by Crippen LogP contribution is 2.27. The molecule has 5 rings (SSSR count). The van der Waals surface area contributed by atoms with Crippen LogP contribution in [-0.2, 0) is 26.1 Å². The lowest BCUT2D eigenvalue weighted by Crippen LogP contribution is -2.43. The lowest BCUT2D eigenvalue weighted by Gasteiger charge is -2.31. The number of carbonyl (C=O) groups is 1. The Morgan fingerprint density at radius 1 is 1.18 bits per heavy atom. The molecule has 8 heteroatoms. The van der Waals surface area contributed by atoms with Crippen molar-refractivity contribution in [3.8, 4) is 5.75 Å². The van der Waals surface area contributed by atoms with Gasteiger partial charge in [0.05, 0.1) is 25.5 Å². The number of ether oxygens (including phenoxy) is 1. The lowest BCUT2D eigenvalue weighted by atomic mass is 10.0. The van der Waals surface area contributed by atoms with Crippen molar-refractivity contribution in [2.45, 2.75) is 45.0 Å². The second-order valence-electron chi connectivity index (χ2n) is 9.11. The number of aromatic nitrogens is 3. The largest absolute Gasteiger partial charge is 0.497 e. The summed E-state index contributed by atoms with van der Waals surface area (Å²) in [5.74, 6) is 0.720. The molecule has 0 radical (unpaired) electrons. The minimum absolute atomic E-state index is 0.0842. The van der Waals surface area contributed by atoms with Crippen LogP contribution in [0, 0.1) is 0 Å². The monoisotopic (exact) mass is 461 g/mol. The molecule has 0 unspecified atom stereocenters. The van der Waals surface area contributed by atoms with Gasteiger partial charge in [-0.2, -0.15) is 5.10 Å². The maximum absolute atomic E-state index is 13.5. The second-order valence-corrected chi connectivity index (χ2v) is 9.11. The van der Waals surface area contributed by atoms with Crippen LogP contribution in [-0.4, -0.2) is 68.4 Å². The third kappa shape index (κ3) is 4.83. The van der Waals surface area contributed by atoms with Gasteiger partial charge in [0.15, 0.2) is 5.69 Å². The van der Waals surface area contributed by atoms with E-state index in [0.717, 1.165) is 60.6 Å². The van der Waals surface area contributed by atoms with Crippen LogP contribution in [0.15, 0.2) is 48.7 Å². The summed E-state index contributed by atoms with van der Waals surface area (Å²) >= 11 is 0. The minimum atomic E-state index is -0.465. The number of pyridine rings is 1. The van der Waals surface area contributed by atoms with Crippen molar-refractivity contribution in [2.24, 2.45) is 0 Å². The number of fused-ring (bicyclic) bond motifs is 1. The van der Waals surface area contributed by atoms with Crippen LogP contribution < -0.4 is 4.74 Å². The van der Waals surface area contributed by atoms with Gasteiger partial charge in [0, 0.05) is 56.6 Å². The number of hydrogen-bond acceptors (Lipinski definition) is 6. The summed E-state index contributed by atoms with van der Waals surface area (Å²) in [5, 5.41) is 15.0. The Morgan fingerprint density at radius 3 is 2.88 bits per heavy atom. The molecule has 178 valence electrons. The van der Waals surface area contributed by atoms with Crippen LogP contribution in [0.5, 0.6) is 5.75 Å². The molecular weight excluding hydrogens is 430 g/mol. The molecule has 1 amide bonds. The molecule has 1 fully saturated rings. The van der Waals surface area contributed by atoms with Gasteiger partial charge in [0.2, 0.25) is 0 Å². The van der Waals surface area contributed by atoms with Crippen molar-refractivity contribution in [3.05, 3.63) is 76.9 Å². The molecule has 0 aliphatic carbocycles. The Labute approximate surface area is 199 Å². The van der Waals surface area contributed by atoms with E-state index in [4.69, 9.17) is 9.84 Å². The van der Waals surface area contributed by atoms with Crippen molar-refractivity contribution in [1.29, 1.82) is 0 Å². The average Bonchev–Trinajstić information content (AvgIpc) is 3.21. The molecule has 2 aliphatic heterocycles. The maximum atomic E-state index is 13.5. The molecule has 1 atom stereocenters. The number of methoxy groups -OCH3 is 1. The van der Waals surface area contributed by atoms with Crippen LogP contribution in [0.25, 0.3) is 0 Å². The normalized spacial score (nSPS) is 18.5. The third-order valence-corrected chi connectivity index (χ3v) is 6.68. The molecule has 2 aliphatic rings. The van der Waals surface area contributed by atoms with Gasteiger partial charge < -0.3 is 14.7 Å². The van der Waals surface area contributed by atoms with Gasteiger partial charge in [-0.05, 0) is 42.7 Å². The van der Waals surface area contributed by atoms with Crippen LogP contribution in [0.2, 0.25) is 0 Å². The number of rotatable bonds is 6. The summed E-state index contributed by atoms with van der Waals surface area (Å²) in [4.78, 5) is 22.1. The SMILES string of the molecule is COc1cccc(Cn2nc(C(=O)N3CCC[C@H](O)C3)c3c2CCN(Cc2ccccn2)C3)c1. The van der Waals surface area contributed by atoms with Gasteiger partial charge in [0.1, 0.15) is 5.75 Å². The van der Waals surface area contributed by atoms with Gasteiger partial charge in [-0.3, -0.25) is 19.4 Å². The van der Waals surface area contributed by atoms with E-state index >= 15 is 0 Å². The number of aliphatic hydroxyl groups excluding tert-OH is 1. The molecule has 0 saturated carbocycles. The molecule has 0 bridgehead atoms. The summed E-state index contributed by atoms with van der Waals surface area (Å²) in [6.07, 6.45) is 3.71. The van der Waals surface area contributed by atoms with Gasteiger partial charge in [-0.25, -0.2) is 0 Å². The topological polar surface area (TPSA) is 83.7 Å². The van der Waals surface area contributed by atoms with Crippen LogP contribution in [0.1, 0.15) is 45.8 Å². The highest BCUT2D eigenvalue weighted by atomic mass is 16.5. The van der Waals surface area contributed by atoms with Crippen molar-refractivity contribution in [1.82, 2.24) is 24.6 Å². The number of β-amino-alcohol motifs (C(OH)–C–C–N with tert-alkyl or cyclic N) is 1. The van der Waals surface area contributed by atoms with Gasteiger partial charge in [-0.1, -0.05) is 18.2 Å². The minimum Gasteiger partial charge on any atom is -0.497 e. The quantitative estimate of drug-likeness (QED) is 0.607. The molecule has 2 aromatic heterocycles. The summed E-state index contributed by atoms with van der Waals surface area (Å²) in [6, 6.07) is 13.9. The van der Waals surface area contributed by atoms with E-state index in [9.17, 15) is 9.90 Å². The van der Waals surface area contributed by atoms with Crippen LogP contribution >= 0.6 is 0 Å². The number of amides is 1. The average molecular weight is 462 g/mol. The lowest BCUT2D eigenvalue weighted by molar-refractivity contribution is 0.0466. The van der Waals surface area contributed by atoms with E-state index in [1.807, 2.05) is 47.3 Å². The first-order valence-corrected chi connectivity index (χ1v) is 11.9. The predicted molar refractivity (Wildman–Crippen MR) is 128 cm³/mol. The summed E-state index contributed by atoms with van der Waals surface area (Å²) in [7, 11) is 1.66. The molecule has 34 heavy (non-hydrogen) atoms. The Morgan fingerprint density at radius 2 is 2.09 bits per heavy atom. The van der Waals surface area contributed by atoms with Gasteiger partial charge in [-0.15, -0.1) is 0 Å². The maximum Gasteiger partial charge on any atom is 0.274 e. The molecule has 1 aromatic carbocycles. The fourth-order valence-corrected chi connectivity index (χ4v) is 4.94. The molecule has 8 nitrogen and oxygen atoms in total.